The maximum atomic E-state index is 12.7. The molecule has 2 N–H and O–H groups in total. The Balaban J connectivity index is 1.63. The van der Waals surface area contributed by atoms with Crippen molar-refractivity contribution >= 4 is 5.91 Å². The zero-order valence-electron chi connectivity index (χ0n) is 17.9. The third-order valence-corrected chi connectivity index (χ3v) is 5.96. The van der Waals surface area contributed by atoms with E-state index >= 15 is 0 Å². The fourth-order valence-corrected chi connectivity index (χ4v) is 4.19. The SMILES string of the molecule is C=C(N)C1CCCN1C(=O)c1ccc(CCCCCCCCCCCC)cc1. The molecule has 1 atom stereocenters. The van der Waals surface area contributed by atoms with Gasteiger partial charge in [-0.05, 0) is 43.4 Å². The number of aryl methyl sites for hydroxylation is 1. The predicted molar refractivity (Wildman–Crippen MR) is 119 cm³/mol. The number of carbonyl (C=O) groups excluding carboxylic acids is 1. The number of rotatable bonds is 13. The van der Waals surface area contributed by atoms with E-state index in [0.717, 1.165) is 31.4 Å². The summed E-state index contributed by atoms with van der Waals surface area (Å²) in [7, 11) is 0. The van der Waals surface area contributed by atoms with Crippen LogP contribution in [0, 0.1) is 0 Å². The van der Waals surface area contributed by atoms with Crippen LogP contribution in [0.25, 0.3) is 0 Å². The number of unbranched alkanes of at least 4 members (excludes halogenated alkanes) is 9. The van der Waals surface area contributed by atoms with Gasteiger partial charge < -0.3 is 10.6 Å². The molecule has 1 heterocycles. The molecule has 0 spiro atoms. The van der Waals surface area contributed by atoms with Crippen molar-refractivity contribution in [2.75, 3.05) is 6.54 Å². The van der Waals surface area contributed by atoms with Crippen molar-refractivity contribution in [1.82, 2.24) is 4.90 Å². The molecular weight excluding hydrogens is 344 g/mol. The number of hydrogen-bond donors (Lipinski definition) is 1. The van der Waals surface area contributed by atoms with Gasteiger partial charge in [-0.1, -0.05) is 83.4 Å². The van der Waals surface area contributed by atoms with Crippen molar-refractivity contribution in [3.05, 3.63) is 47.7 Å². The zero-order chi connectivity index (χ0) is 20.2. The van der Waals surface area contributed by atoms with Crippen LogP contribution in [0.4, 0.5) is 0 Å². The third kappa shape index (κ3) is 7.33. The van der Waals surface area contributed by atoms with E-state index in [0.29, 0.717) is 5.70 Å². The number of likely N-dealkylation sites (tertiary alicyclic amines) is 1. The van der Waals surface area contributed by atoms with Gasteiger partial charge in [0.1, 0.15) is 0 Å². The second kappa shape index (κ2) is 12.6. The first-order valence-corrected chi connectivity index (χ1v) is 11.5. The Morgan fingerprint density at radius 2 is 1.57 bits per heavy atom. The van der Waals surface area contributed by atoms with Crippen molar-refractivity contribution in [3.63, 3.8) is 0 Å². The molecule has 0 aromatic heterocycles. The summed E-state index contributed by atoms with van der Waals surface area (Å²) in [5, 5.41) is 0. The molecule has 0 bridgehead atoms. The Kier molecular flexibility index (Phi) is 10.2. The number of hydrogen-bond acceptors (Lipinski definition) is 2. The van der Waals surface area contributed by atoms with Gasteiger partial charge in [-0.15, -0.1) is 0 Å². The monoisotopic (exact) mass is 384 g/mol. The molecule has 2 rings (SSSR count). The highest BCUT2D eigenvalue weighted by molar-refractivity contribution is 5.94. The summed E-state index contributed by atoms with van der Waals surface area (Å²) in [6.45, 7) is 6.89. The standard InChI is InChI=1S/C25H40N2O/c1-3-4-5-6-7-8-9-10-11-12-14-22-16-18-23(19-17-22)25(28)27-20-13-15-24(27)21(2)26/h16-19,24H,2-15,20,26H2,1H3. The molecule has 0 aliphatic carbocycles. The van der Waals surface area contributed by atoms with Gasteiger partial charge in [0.25, 0.3) is 5.91 Å². The van der Waals surface area contributed by atoms with E-state index in [1.807, 2.05) is 17.0 Å². The van der Waals surface area contributed by atoms with E-state index in [-0.39, 0.29) is 11.9 Å². The molecular formula is C25H40N2O. The molecule has 156 valence electrons. The van der Waals surface area contributed by atoms with E-state index in [1.54, 1.807) is 0 Å². The summed E-state index contributed by atoms with van der Waals surface area (Å²) in [6, 6.07) is 8.18. The van der Waals surface area contributed by atoms with E-state index in [4.69, 9.17) is 5.73 Å². The maximum Gasteiger partial charge on any atom is 0.254 e. The number of nitrogens with zero attached hydrogens (tertiary/aromatic N) is 1. The molecule has 1 amide bonds. The Bertz CT molecular complexity index is 593. The molecule has 1 fully saturated rings. The molecule has 3 heteroatoms. The lowest BCUT2D eigenvalue weighted by Crippen LogP contribution is -2.38. The van der Waals surface area contributed by atoms with Crippen LogP contribution in [-0.4, -0.2) is 23.4 Å². The van der Waals surface area contributed by atoms with Gasteiger partial charge in [0, 0.05) is 17.8 Å². The number of nitrogens with two attached hydrogens (primary N) is 1. The Morgan fingerprint density at radius 1 is 1.00 bits per heavy atom. The summed E-state index contributed by atoms with van der Waals surface area (Å²) < 4.78 is 0. The van der Waals surface area contributed by atoms with E-state index in [1.165, 1.54) is 69.8 Å². The Labute approximate surface area is 172 Å². The van der Waals surface area contributed by atoms with Gasteiger partial charge in [-0.3, -0.25) is 4.79 Å². The van der Waals surface area contributed by atoms with Crippen LogP contribution in [0.5, 0.6) is 0 Å². The van der Waals surface area contributed by atoms with Crippen LogP contribution in [0.3, 0.4) is 0 Å². The molecule has 28 heavy (non-hydrogen) atoms. The lowest BCUT2D eigenvalue weighted by molar-refractivity contribution is 0.0755. The second-order valence-corrected chi connectivity index (χ2v) is 8.36. The summed E-state index contributed by atoms with van der Waals surface area (Å²) in [5.74, 6) is 0.0830. The zero-order valence-corrected chi connectivity index (χ0v) is 17.9. The van der Waals surface area contributed by atoms with E-state index < -0.39 is 0 Å². The van der Waals surface area contributed by atoms with Crippen molar-refractivity contribution < 1.29 is 4.79 Å². The van der Waals surface area contributed by atoms with Gasteiger partial charge in [0.15, 0.2) is 0 Å². The molecule has 1 aromatic carbocycles. The molecule has 1 unspecified atom stereocenters. The molecule has 0 radical (unpaired) electrons. The van der Waals surface area contributed by atoms with Crippen LogP contribution >= 0.6 is 0 Å². The molecule has 3 nitrogen and oxygen atoms in total. The number of carbonyl (C=O) groups is 1. The quantitative estimate of drug-likeness (QED) is 0.410. The number of benzene rings is 1. The summed E-state index contributed by atoms with van der Waals surface area (Å²) >= 11 is 0. The highest BCUT2D eigenvalue weighted by atomic mass is 16.2. The minimum absolute atomic E-state index is 0.00109. The van der Waals surface area contributed by atoms with E-state index in [9.17, 15) is 4.79 Å². The molecule has 0 saturated carbocycles. The highest BCUT2D eigenvalue weighted by Crippen LogP contribution is 2.23. The van der Waals surface area contributed by atoms with E-state index in [2.05, 4.69) is 25.6 Å². The van der Waals surface area contributed by atoms with Crippen molar-refractivity contribution in [2.45, 2.75) is 96.4 Å². The average molecular weight is 385 g/mol. The lowest BCUT2D eigenvalue weighted by atomic mass is 10.0. The molecule has 1 aliphatic rings. The normalized spacial score (nSPS) is 16.5. The molecule has 1 saturated heterocycles. The Morgan fingerprint density at radius 3 is 2.14 bits per heavy atom. The first kappa shape index (κ1) is 22.5. The van der Waals surface area contributed by atoms with Gasteiger partial charge in [-0.2, -0.15) is 0 Å². The van der Waals surface area contributed by atoms with Crippen molar-refractivity contribution in [3.8, 4) is 0 Å². The molecule has 1 aliphatic heterocycles. The highest BCUT2D eigenvalue weighted by Gasteiger charge is 2.30. The average Bonchev–Trinajstić information content (AvgIpc) is 3.19. The topological polar surface area (TPSA) is 46.3 Å². The van der Waals surface area contributed by atoms with Crippen LogP contribution < -0.4 is 5.73 Å². The minimum Gasteiger partial charge on any atom is -0.401 e. The fourth-order valence-electron chi connectivity index (χ4n) is 4.19. The fraction of sp³-hybridized carbons (Fsp3) is 0.640. The van der Waals surface area contributed by atoms with Crippen LogP contribution in [0.2, 0.25) is 0 Å². The second-order valence-electron chi connectivity index (χ2n) is 8.36. The Hall–Kier alpha value is -1.77. The molecule has 1 aromatic rings. The third-order valence-electron chi connectivity index (χ3n) is 5.96. The van der Waals surface area contributed by atoms with Gasteiger partial charge >= 0.3 is 0 Å². The van der Waals surface area contributed by atoms with Crippen LogP contribution in [0.1, 0.15) is 99.9 Å². The van der Waals surface area contributed by atoms with Crippen LogP contribution in [0.15, 0.2) is 36.5 Å². The van der Waals surface area contributed by atoms with Crippen LogP contribution in [-0.2, 0) is 6.42 Å². The first-order chi connectivity index (χ1) is 13.6. The minimum atomic E-state index is -0.00109. The summed E-state index contributed by atoms with van der Waals surface area (Å²) in [4.78, 5) is 14.6. The summed E-state index contributed by atoms with van der Waals surface area (Å²) in [5.41, 5.74) is 8.56. The predicted octanol–water partition coefficient (Wildman–Crippen LogP) is 6.23. The van der Waals surface area contributed by atoms with Gasteiger partial charge in [0.05, 0.1) is 6.04 Å². The summed E-state index contributed by atoms with van der Waals surface area (Å²) in [6.07, 6.45) is 16.7. The number of amides is 1. The largest absolute Gasteiger partial charge is 0.401 e. The first-order valence-electron chi connectivity index (χ1n) is 11.5. The smallest absolute Gasteiger partial charge is 0.254 e. The van der Waals surface area contributed by atoms with Gasteiger partial charge in [-0.25, -0.2) is 0 Å². The van der Waals surface area contributed by atoms with Crippen molar-refractivity contribution in [2.24, 2.45) is 5.73 Å². The lowest BCUT2D eigenvalue weighted by Gasteiger charge is -2.24. The maximum absolute atomic E-state index is 12.7. The van der Waals surface area contributed by atoms with Gasteiger partial charge in [0.2, 0.25) is 0 Å². The van der Waals surface area contributed by atoms with Crippen molar-refractivity contribution in [1.29, 1.82) is 0 Å².